The zero-order valence-electron chi connectivity index (χ0n) is 11.2. The molecule has 0 saturated carbocycles. The zero-order chi connectivity index (χ0) is 13.7. The molecule has 0 unspecified atom stereocenters. The lowest BCUT2D eigenvalue weighted by Crippen LogP contribution is -2.20. The molecule has 1 aromatic carbocycles. The Balaban J connectivity index is 2.05. The van der Waals surface area contributed by atoms with Crippen LogP contribution in [-0.2, 0) is 6.42 Å². The summed E-state index contributed by atoms with van der Waals surface area (Å²) in [5, 5.41) is 9.18. The second-order valence-corrected chi connectivity index (χ2v) is 4.69. The van der Waals surface area contributed by atoms with Crippen molar-refractivity contribution in [3.05, 3.63) is 41.5 Å². The first-order valence-corrected chi connectivity index (χ1v) is 6.49. The van der Waals surface area contributed by atoms with Gasteiger partial charge in [0.25, 0.3) is 0 Å². The van der Waals surface area contributed by atoms with E-state index < -0.39 is 0 Å². The van der Waals surface area contributed by atoms with Crippen LogP contribution in [0.4, 0.5) is 0 Å². The zero-order valence-corrected chi connectivity index (χ0v) is 11.2. The molecule has 0 amide bonds. The summed E-state index contributed by atoms with van der Waals surface area (Å²) in [5.74, 6) is 1.33. The summed E-state index contributed by atoms with van der Waals surface area (Å²) in [6, 6.07) is 8.19. The molecule has 4 nitrogen and oxygen atoms in total. The quantitative estimate of drug-likeness (QED) is 0.865. The summed E-state index contributed by atoms with van der Waals surface area (Å²) in [6.45, 7) is -0.0371. The molecule has 0 bridgehead atoms. The average molecular weight is 260 g/mol. The summed E-state index contributed by atoms with van der Waals surface area (Å²) >= 11 is 0. The van der Waals surface area contributed by atoms with Crippen LogP contribution in [0.25, 0.3) is 0 Å². The number of aliphatic imine (C=N–C) groups is 1. The fourth-order valence-corrected chi connectivity index (χ4v) is 2.23. The lowest BCUT2D eigenvalue weighted by Gasteiger charge is -2.11. The van der Waals surface area contributed by atoms with Gasteiger partial charge in [-0.15, -0.1) is 0 Å². The molecule has 3 N–H and O–H groups in total. The number of ether oxygens (including phenoxy) is 1. The van der Waals surface area contributed by atoms with Crippen molar-refractivity contribution < 1.29 is 9.84 Å². The highest BCUT2D eigenvalue weighted by atomic mass is 16.5. The lowest BCUT2D eigenvalue weighted by atomic mass is 10.0. The minimum atomic E-state index is -0.0371. The van der Waals surface area contributed by atoms with Crippen LogP contribution in [0.5, 0.6) is 5.75 Å². The van der Waals surface area contributed by atoms with Gasteiger partial charge in [-0.1, -0.05) is 18.2 Å². The molecule has 0 fully saturated rings. The Bertz CT molecular complexity index is 477. The Morgan fingerprint density at radius 1 is 1.37 bits per heavy atom. The van der Waals surface area contributed by atoms with Crippen molar-refractivity contribution in [3.63, 3.8) is 0 Å². The number of amidine groups is 1. The first-order valence-electron chi connectivity index (χ1n) is 6.49. The van der Waals surface area contributed by atoms with Gasteiger partial charge < -0.3 is 15.6 Å². The van der Waals surface area contributed by atoms with Crippen molar-refractivity contribution in [2.24, 2.45) is 10.7 Å². The monoisotopic (exact) mass is 260 g/mol. The Morgan fingerprint density at radius 2 is 2.11 bits per heavy atom. The molecule has 0 aromatic heterocycles. The normalized spacial score (nSPS) is 19.4. The number of nitrogens with zero attached hydrogens (tertiary/aromatic N) is 1. The van der Waals surface area contributed by atoms with Crippen molar-refractivity contribution in [3.8, 4) is 5.75 Å². The Labute approximate surface area is 113 Å². The third-order valence-electron chi connectivity index (χ3n) is 3.34. The number of rotatable bonds is 4. The second-order valence-electron chi connectivity index (χ2n) is 4.69. The maximum atomic E-state index is 9.18. The molecule has 1 aliphatic heterocycles. The maximum absolute atomic E-state index is 9.18. The van der Waals surface area contributed by atoms with Crippen LogP contribution < -0.4 is 10.5 Å². The van der Waals surface area contributed by atoms with E-state index >= 15 is 0 Å². The number of aliphatic hydroxyl groups excluding tert-OH is 1. The van der Waals surface area contributed by atoms with Crippen LogP contribution in [0.3, 0.4) is 0 Å². The van der Waals surface area contributed by atoms with Gasteiger partial charge in [0, 0.05) is 5.57 Å². The highest BCUT2D eigenvalue weighted by Gasteiger charge is 2.14. The van der Waals surface area contributed by atoms with Gasteiger partial charge in [0.15, 0.2) is 0 Å². The van der Waals surface area contributed by atoms with Gasteiger partial charge in [-0.3, -0.25) is 4.99 Å². The van der Waals surface area contributed by atoms with Gasteiger partial charge >= 0.3 is 0 Å². The standard InChI is InChI=1S/C15H20N2O2/c1-19-14-7-5-11(6-8-14)9-13-4-2-3-12(10-18)15(16)17-13/h3,5-8,13,18H,2,4,9-10H2,1H3,(H2,16,17)/t13-/m0/s1. The molecule has 19 heavy (non-hydrogen) atoms. The number of hydrogen-bond donors (Lipinski definition) is 2. The van der Waals surface area contributed by atoms with Crippen molar-refractivity contribution in [1.29, 1.82) is 0 Å². The van der Waals surface area contributed by atoms with E-state index in [9.17, 15) is 5.11 Å². The maximum Gasteiger partial charge on any atom is 0.123 e. The van der Waals surface area contributed by atoms with Gasteiger partial charge in [-0.25, -0.2) is 0 Å². The molecule has 0 saturated heterocycles. The summed E-state index contributed by atoms with van der Waals surface area (Å²) in [5.41, 5.74) is 7.85. The number of allylic oxidation sites excluding steroid dienone is 1. The summed E-state index contributed by atoms with van der Waals surface area (Å²) < 4.78 is 5.14. The van der Waals surface area contributed by atoms with Crippen LogP contribution in [0.15, 0.2) is 40.9 Å². The number of hydrogen-bond acceptors (Lipinski definition) is 4. The van der Waals surface area contributed by atoms with E-state index in [2.05, 4.69) is 17.1 Å². The van der Waals surface area contributed by atoms with Gasteiger partial charge in [-0.05, 0) is 37.0 Å². The third-order valence-corrected chi connectivity index (χ3v) is 3.34. The minimum Gasteiger partial charge on any atom is -0.497 e. The fourth-order valence-electron chi connectivity index (χ4n) is 2.23. The van der Waals surface area contributed by atoms with Gasteiger partial charge in [0.1, 0.15) is 11.6 Å². The van der Waals surface area contributed by atoms with Crippen LogP contribution in [0.1, 0.15) is 18.4 Å². The highest BCUT2D eigenvalue weighted by molar-refractivity contribution is 5.97. The van der Waals surface area contributed by atoms with Gasteiger partial charge in [0.05, 0.1) is 19.8 Å². The highest BCUT2D eigenvalue weighted by Crippen LogP contribution is 2.18. The molecule has 0 radical (unpaired) electrons. The molecule has 1 aliphatic rings. The Hall–Kier alpha value is -1.81. The third kappa shape index (κ3) is 3.58. The van der Waals surface area contributed by atoms with E-state index in [1.807, 2.05) is 18.2 Å². The molecule has 0 aliphatic carbocycles. The lowest BCUT2D eigenvalue weighted by molar-refractivity contribution is 0.336. The first kappa shape index (κ1) is 13.6. The molecule has 1 heterocycles. The van der Waals surface area contributed by atoms with Crippen molar-refractivity contribution in [2.75, 3.05) is 13.7 Å². The summed E-state index contributed by atoms with van der Waals surface area (Å²) in [6.07, 6.45) is 4.70. The molecular weight excluding hydrogens is 240 g/mol. The van der Waals surface area contributed by atoms with E-state index in [1.165, 1.54) is 5.56 Å². The van der Waals surface area contributed by atoms with E-state index in [1.54, 1.807) is 7.11 Å². The molecule has 4 heteroatoms. The number of methoxy groups -OCH3 is 1. The predicted molar refractivity (Wildman–Crippen MR) is 76.5 cm³/mol. The van der Waals surface area contributed by atoms with Crippen LogP contribution in [-0.4, -0.2) is 30.7 Å². The molecule has 1 aromatic rings. The minimum absolute atomic E-state index is 0.0371. The molecule has 1 atom stereocenters. The smallest absolute Gasteiger partial charge is 0.123 e. The molecule has 102 valence electrons. The average Bonchev–Trinajstić information content (AvgIpc) is 2.60. The van der Waals surface area contributed by atoms with Crippen LogP contribution >= 0.6 is 0 Å². The van der Waals surface area contributed by atoms with Crippen LogP contribution in [0, 0.1) is 0 Å². The predicted octanol–water partition coefficient (Wildman–Crippen LogP) is 1.68. The SMILES string of the molecule is COc1ccc(C[C@@H]2CCC=C(CO)C(N)=N2)cc1. The largest absolute Gasteiger partial charge is 0.497 e. The molecular formula is C15H20N2O2. The van der Waals surface area contributed by atoms with E-state index in [0.29, 0.717) is 5.84 Å². The Kier molecular flexibility index (Phi) is 4.58. The first-order chi connectivity index (χ1) is 9.22. The van der Waals surface area contributed by atoms with Gasteiger partial charge in [0.2, 0.25) is 0 Å². The second kappa shape index (κ2) is 6.38. The van der Waals surface area contributed by atoms with E-state index in [-0.39, 0.29) is 12.6 Å². The van der Waals surface area contributed by atoms with Gasteiger partial charge in [-0.2, -0.15) is 0 Å². The number of nitrogens with two attached hydrogens (primary N) is 1. The van der Waals surface area contributed by atoms with Crippen molar-refractivity contribution in [2.45, 2.75) is 25.3 Å². The fraction of sp³-hybridized carbons (Fsp3) is 0.400. The Morgan fingerprint density at radius 3 is 2.74 bits per heavy atom. The molecule has 2 rings (SSSR count). The summed E-state index contributed by atoms with van der Waals surface area (Å²) in [7, 11) is 1.66. The van der Waals surface area contributed by atoms with Crippen molar-refractivity contribution in [1.82, 2.24) is 0 Å². The summed E-state index contributed by atoms with van der Waals surface area (Å²) in [4.78, 5) is 4.50. The van der Waals surface area contributed by atoms with Crippen molar-refractivity contribution >= 4 is 5.84 Å². The molecule has 0 spiro atoms. The number of aliphatic hydroxyl groups is 1. The van der Waals surface area contributed by atoms with E-state index in [4.69, 9.17) is 10.5 Å². The van der Waals surface area contributed by atoms with Crippen LogP contribution in [0.2, 0.25) is 0 Å². The number of benzene rings is 1. The topological polar surface area (TPSA) is 67.8 Å². The van der Waals surface area contributed by atoms with E-state index in [0.717, 1.165) is 30.6 Å².